The molecule has 0 unspecified atom stereocenters. The highest BCUT2D eigenvalue weighted by molar-refractivity contribution is 6.14. The van der Waals surface area contributed by atoms with Gasteiger partial charge in [-0.05, 0) is 42.8 Å². The van der Waals surface area contributed by atoms with Gasteiger partial charge in [-0.25, -0.2) is 4.79 Å². The Morgan fingerprint density at radius 2 is 1.76 bits per heavy atom. The van der Waals surface area contributed by atoms with Crippen molar-refractivity contribution in [2.75, 3.05) is 7.11 Å². The highest BCUT2D eigenvalue weighted by Gasteiger charge is 2.28. The van der Waals surface area contributed by atoms with Gasteiger partial charge in [0.1, 0.15) is 22.8 Å². The van der Waals surface area contributed by atoms with Gasteiger partial charge in [0.15, 0.2) is 5.76 Å². The highest BCUT2D eigenvalue weighted by Crippen LogP contribution is 2.35. The van der Waals surface area contributed by atoms with Gasteiger partial charge in [-0.3, -0.25) is 4.79 Å². The number of para-hydroxylation sites is 1. The van der Waals surface area contributed by atoms with E-state index >= 15 is 0 Å². The topological polar surface area (TPSA) is 61.8 Å². The van der Waals surface area contributed by atoms with Crippen LogP contribution in [0, 0.1) is 6.92 Å². The van der Waals surface area contributed by atoms with Gasteiger partial charge in [0.2, 0.25) is 5.78 Å². The van der Waals surface area contributed by atoms with Gasteiger partial charge in [-0.15, -0.1) is 0 Å². The fraction of sp³-hybridized carbons (Fsp3) is 0.0833. The molecule has 5 nitrogen and oxygen atoms in total. The molecule has 5 heteroatoms. The van der Waals surface area contributed by atoms with Crippen LogP contribution in [-0.4, -0.2) is 18.9 Å². The van der Waals surface area contributed by atoms with Crippen LogP contribution in [0.1, 0.15) is 31.8 Å². The molecular formula is C24H18O5. The van der Waals surface area contributed by atoms with Gasteiger partial charge >= 0.3 is 5.97 Å². The van der Waals surface area contributed by atoms with Gasteiger partial charge in [0.05, 0.1) is 12.7 Å². The number of aryl methyl sites for hydroxylation is 1. The van der Waals surface area contributed by atoms with Crippen LogP contribution in [-0.2, 0) is 0 Å². The first-order valence-electron chi connectivity index (χ1n) is 9.05. The largest absolute Gasteiger partial charge is 0.496 e. The van der Waals surface area contributed by atoms with Crippen molar-refractivity contribution >= 4 is 17.8 Å². The molecule has 0 bridgehead atoms. The van der Waals surface area contributed by atoms with Crippen LogP contribution < -0.4 is 14.2 Å². The van der Waals surface area contributed by atoms with Gasteiger partial charge in [-0.1, -0.05) is 42.0 Å². The van der Waals surface area contributed by atoms with Crippen molar-refractivity contribution in [3.05, 3.63) is 94.7 Å². The van der Waals surface area contributed by atoms with E-state index in [-0.39, 0.29) is 17.3 Å². The van der Waals surface area contributed by atoms with E-state index in [1.807, 2.05) is 31.2 Å². The number of Topliss-reactive ketones (excluding diaryl/α,β-unsaturated/α-hetero) is 1. The molecule has 0 N–H and O–H groups in total. The van der Waals surface area contributed by atoms with E-state index < -0.39 is 5.97 Å². The fourth-order valence-corrected chi connectivity index (χ4v) is 3.02. The normalized spacial score (nSPS) is 13.7. The van der Waals surface area contributed by atoms with Gasteiger partial charge in [0, 0.05) is 6.07 Å². The maximum atomic E-state index is 12.6. The molecule has 3 aromatic carbocycles. The summed E-state index contributed by atoms with van der Waals surface area (Å²) >= 11 is 0. The lowest BCUT2D eigenvalue weighted by atomic mass is 10.1. The van der Waals surface area contributed by atoms with Crippen molar-refractivity contribution in [1.82, 2.24) is 0 Å². The Labute approximate surface area is 168 Å². The summed E-state index contributed by atoms with van der Waals surface area (Å²) in [6, 6.07) is 19.3. The predicted octanol–water partition coefficient (Wildman–Crippen LogP) is 4.84. The second-order valence-electron chi connectivity index (χ2n) is 6.60. The molecule has 3 aromatic rings. The molecule has 0 amide bonds. The van der Waals surface area contributed by atoms with Crippen LogP contribution in [0.15, 0.2) is 72.5 Å². The first-order valence-corrected chi connectivity index (χ1v) is 9.05. The summed E-state index contributed by atoms with van der Waals surface area (Å²) in [5, 5.41) is 0. The Balaban J connectivity index is 1.56. The average Bonchev–Trinajstić information content (AvgIpc) is 3.04. The van der Waals surface area contributed by atoms with Crippen molar-refractivity contribution in [1.29, 1.82) is 0 Å². The molecular weight excluding hydrogens is 368 g/mol. The van der Waals surface area contributed by atoms with E-state index in [0.717, 1.165) is 11.1 Å². The number of ether oxygens (including phenoxy) is 3. The number of fused-ring (bicyclic) bond motifs is 1. The van der Waals surface area contributed by atoms with Gasteiger partial charge in [-0.2, -0.15) is 0 Å². The van der Waals surface area contributed by atoms with Crippen LogP contribution >= 0.6 is 0 Å². The van der Waals surface area contributed by atoms with E-state index in [0.29, 0.717) is 22.6 Å². The zero-order chi connectivity index (χ0) is 20.4. The summed E-state index contributed by atoms with van der Waals surface area (Å²) in [5.74, 6) is 0.540. The summed E-state index contributed by atoms with van der Waals surface area (Å²) in [4.78, 5) is 25.1. The molecule has 29 heavy (non-hydrogen) atoms. The second-order valence-corrected chi connectivity index (χ2v) is 6.60. The van der Waals surface area contributed by atoms with Crippen molar-refractivity contribution < 1.29 is 23.8 Å². The van der Waals surface area contributed by atoms with Crippen LogP contribution in [0.25, 0.3) is 6.08 Å². The number of hydrogen-bond donors (Lipinski definition) is 0. The Bertz CT molecular complexity index is 1130. The summed E-state index contributed by atoms with van der Waals surface area (Å²) in [6.45, 7) is 2.00. The van der Waals surface area contributed by atoms with Crippen LogP contribution in [0.5, 0.6) is 17.2 Å². The molecule has 0 aliphatic carbocycles. The third-order valence-corrected chi connectivity index (χ3v) is 4.55. The number of carbonyl (C=O) groups excluding carboxylic acids is 2. The highest BCUT2D eigenvalue weighted by atomic mass is 16.5. The molecule has 0 saturated heterocycles. The lowest BCUT2D eigenvalue weighted by Crippen LogP contribution is -2.10. The first kappa shape index (κ1) is 18.5. The number of benzene rings is 3. The van der Waals surface area contributed by atoms with Crippen molar-refractivity contribution in [2.45, 2.75) is 6.92 Å². The first-order chi connectivity index (χ1) is 14.0. The molecule has 0 saturated carbocycles. The predicted molar refractivity (Wildman–Crippen MR) is 109 cm³/mol. The van der Waals surface area contributed by atoms with Gasteiger partial charge in [0.25, 0.3) is 0 Å². The standard InChI is InChI=1S/C24H18O5/c1-15-7-9-16(10-8-15)13-22-23(25)18-12-11-17(14-21(18)29-22)28-24(26)19-5-3-4-6-20(19)27-2/h3-14H,1-2H3/b22-13+. The minimum Gasteiger partial charge on any atom is -0.496 e. The number of ketones is 1. The number of carbonyl (C=O) groups is 2. The molecule has 1 aliphatic heterocycles. The monoisotopic (exact) mass is 386 g/mol. The fourth-order valence-electron chi connectivity index (χ4n) is 3.02. The van der Waals surface area contributed by atoms with Crippen LogP contribution in [0.3, 0.4) is 0 Å². The number of methoxy groups -OCH3 is 1. The van der Waals surface area contributed by atoms with Crippen molar-refractivity contribution in [3.8, 4) is 17.2 Å². The van der Waals surface area contributed by atoms with Crippen molar-refractivity contribution in [2.24, 2.45) is 0 Å². The molecule has 0 spiro atoms. The number of allylic oxidation sites excluding steroid dienone is 1. The Morgan fingerprint density at radius 3 is 2.52 bits per heavy atom. The third-order valence-electron chi connectivity index (χ3n) is 4.55. The van der Waals surface area contributed by atoms with E-state index in [2.05, 4.69) is 0 Å². The summed E-state index contributed by atoms with van der Waals surface area (Å²) in [6.07, 6.45) is 1.70. The third kappa shape index (κ3) is 3.75. The summed E-state index contributed by atoms with van der Waals surface area (Å²) in [5.41, 5.74) is 2.75. The lowest BCUT2D eigenvalue weighted by Gasteiger charge is -2.08. The Morgan fingerprint density at radius 1 is 1.00 bits per heavy atom. The SMILES string of the molecule is COc1ccccc1C(=O)Oc1ccc2c(c1)O/C(=C/c1ccc(C)cc1)C2=O. The zero-order valence-corrected chi connectivity index (χ0v) is 16.0. The molecule has 0 radical (unpaired) electrons. The number of hydrogen-bond acceptors (Lipinski definition) is 5. The van der Waals surface area contributed by atoms with Crippen LogP contribution in [0.4, 0.5) is 0 Å². The second kappa shape index (κ2) is 7.64. The van der Waals surface area contributed by atoms with E-state index in [4.69, 9.17) is 14.2 Å². The van der Waals surface area contributed by atoms with E-state index in [9.17, 15) is 9.59 Å². The quantitative estimate of drug-likeness (QED) is 0.365. The lowest BCUT2D eigenvalue weighted by molar-refractivity contribution is 0.0731. The Hall–Kier alpha value is -3.86. The zero-order valence-electron chi connectivity index (χ0n) is 16.0. The Kier molecular flexibility index (Phi) is 4.87. The summed E-state index contributed by atoms with van der Waals surface area (Å²) < 4.78 is 16.4. The maximum Gasteiger partial charge on any atom is 0.347 e. The van der Waals surface area contributed by atoms with E-state index in [1.165, 1.54) is 13.2 Å². The molecule has 0 aromatic heterocycles. The molecule has 4 rings (SSSR count). The van der Waals surface area contributed by atoms with Crippen LogP contribution in [0.2, 0.25) is 0 Å². The molecule has 1 aliphatic rings. The minimum atomic E-state index is -0.554. The molecule has 144 valence electrons. The number of rotatable bonds is 4. The molecule has 0 fully saturated rings. The smallest absolute Gasteiger partial charge is 0.347 e. The maximum absolute atomic E-state index is 12.6. The van der Waals surface area contributed by atoms with Crippen molar-refractivity contribution in [3.63, 3.8) is 0 Å². The molecule has 1 heterocycles. The number of esters is 1. The average molecular weight is 386 g/mol. The molecule has 0 atom stereocenters. The summed E-state index contributed by atoms with van der Waals surface area (Å²) in [7, 11) is 1.49. The van der Waals surface area contributed by atoms with Gasteiger partial charge < -0.3 is 14.2 Å². The minimum absolute atomic E-state index is 0.205. The van der Waals surface area contributed by atoms with E-state index in [1.54, 1.807) is 42.5 Å².